The van der Waals surface area contributed by atoms with Gasteiger partial charge in [-0.2, -0.15) is 5.26 Å². The summed E-state index contributed by atoms with van der Waals surface area (Å²) in [4.78, 5) is 22.5. The largest absolute Gasteiger partial charge is 0.322 e. The number of hydrogen-bond acceptors (Lipinski definition) is 4. The summed E-state index contributed by atoms with van der Waals surface area (Å²) in [6, 6.07) is 12.5. The van der Waals surface area contributed by atoms with Crippen LogP contribution in [0.25, 0.3) is 0 Å². The zero-order valence-corrected chi connectivity index (χ0v) is 12.0. The summed E-state index contributed by atoms with van der Waals surface area (Å²) in [6.07, 6.45) is 0.275. The molecule has 7 heteroatoms. The number of hydrogen-bond donors (Lipinski definition) is 1. The number of carbonyl (C=O) groups excluding carboxylic acids is 1. The Labute approximate surface area is 131 Å². The van der Waals surface area contributed by atoms with E-state index in [1.54, 1.807) is 24.3 Å². The van der Waals surface area contributed by atoms with Crippen molar-refractivity contribution in [1.82, 2.24) is 0 Å². The van der Waals surface area contributed by atoms with Crippen LogP contribution in [0.15, 0.2) is 42.5 Å². The van der Waals surface area contributed by atoms with Crippen molar-refractivity contribution in [1.29, 1.82) is 5.26 Å². The lowest BCUT2D eigenvalue weighted by Crippen LogP contribution is -2.13. The van der Waals surface area contributed by atoms with Crippen LogP contribution in [0.2, 0.25) is 5.02 Å². The number of amides is 1. The fourth-order valence-electron chi connectivity index (χ4n) is 1.84. The molecule has 0 heterocycles. The van der Waals surface area contributed by atoms with Crippen LogP contribution in [0.4, 0.5) is 11.4 Å². The number of carbonyl (C=O) groups is 1. The molecule has 0 atom stereocenters. The van der Waals surface area contributed by atoms with Crippen LogP contribution in [-0.2, 0) is 6.42 Å². The Morgan fingerprint density at radius 2 is 1.95 bits per heavy atom. The fraction of sp³-hybridized carbons (Fsp3) is 0.0667. The second-order valence-corrected chi connectivity index (χ2v) is 4.84. The monoisotopic (exact) mass is 315 g/mol. The number of anilines is 1. The highest BCUT2D eigenvalue weighted by Crippen LogP contribution is 2.24. The van der Waals surface area contributed by atoms with Crippen molar-refractivity contribution < 1.29 is 9.72 Å². The van der Waals surface area contributed by atoms with Crippen molar-refractivity contribution in [2.45, 2.75) is 6.42 Å². The van der Waals surface area contributed by atoms with Gasteiger partial charge in [-0.05, 0) is 29.8 Å². The molecule has 0 fully saturated rings. The van der Waals surface area contributed by atoms with Crippen molar-refractivity contribution in [3.8, 4) is 6.07 Å². The molecular weight excluding hydrogens is 306 g/mol. The molecule has 0 bridgehead atoms. The van der Waals surface area contributed by atoms with Crippen molar-refractivity contribution in [2.75, 3.05) is 5.32 Å². The second kappa shape index (κ2) is 6.70. The Bertz CT molecular complexity index is 767. The van der Waals surface area contributed by atoms with Gasteiger partial charge in [-0.25, -0.2) is 0 Å². The third-order valence-corrected chi connectivity index (χ3v) is 3.13. The lowest BCUT2D eigenvalue weighted by atomic mass is 10.1. The van der Waals surface area contributed by atoms with Gasteiger partial charge in [0.1, 0.15) is 5.56 Å². The molecule has 0 spiro atoms. The lowest BCUT2D eigenvalue weighted by molar-refractivity contribution is -0.385. The molecular formula is C15H10ClN3O3. The van der Waals surface area contributed by atoms with Gasteiger partial charge in [-0.3, -0.25) is 14.9 Å². The first-order valence-electron chi connectivity index (χ1n) is 6.22. The third-order valence-electron chi connectivity index (χ3n) is 2.90. The average Bonchev–Trinajstić information content (AvgIpc) is 2.49. The molecule has 0 saturated heterocycles. The standard InChI is InChI=1S/C15H10ClN3O3/c16-11-3-6-13(14(9-11)19(21)22)15(20)18-12-4-1-10(2-5-12)7-8-17/h1-6,9H,7H2,(H,18,20). The van der Waals surface area contributed by atoms with Crippen LogP contribution in [0.3, 0.4) is 0 Å². The molecule has 22 heavy (non-hydrogen) atoms. The minimum absolute atomic E-state index is 0.0736. The van der Waals surface area contributed by atoms with Crippen LogP contribution in [0.1, 0.15) is 15.9 Å². The van der Waals surface area contributed by atoms with E-state index in [1.165, 1.54) is 12.1 Å². The van der Waals surface area contributed by atoms with Gasteiger partial charge in [-0.15, -0.1) is 0 Å². The Kier molecular flexibility index (Phi) is 4.71. The van der Waals surface area contributed by atoms with Crippen molar-refractivity contribution in [2.24, 2.45) is 0 Å². The van der Waals surface area contributed by atoms with E-state index < -0.39 is 10.8 Å². The first-order chi connectivity index (χ1) is 10.5. The van der Waals surface area contributed by atoms with Crippen LogP contribution >= 0.6 is 11.6 Å². The van der Waals surface area contributed by atoms with Crippen molar-refractivity contribution >= 4 is 28.9 Å². The van der Waals surface area contributed by atoms with E-state index in [9.17, 15) is 14.9 Å². The van der Waals surface area contributed by atoms with E-state index in [1.807, 2.05) is 6.07 Å². The maximum atomic E-state index is 12.2. The van der Waals surface area contributed by atoms with Gasteiger partial charge in [0.15, 0.2) is 0 Å². The number of halogens is 1. The summed E-state index contributed by atoms with van der Waals surface area (Å²) < 4.78 is 0. The summed E-state index contributed by atoms with van der Waals surface area (Å²) in [5.41, 5.74) is 0.871. The Balaban J connectivity index is 2.22. The Morgan fingerprint density at radius 3 is 2.55 bits per heavy atom. The predicted molar refractivity (Wildman–Crippen MR) is 81.8 cm³/mol. The maximum absolute atomic E-state index is 12.2. The van der Waals surface area contributed by atoms with Crippen molar-refractivity contribution in [3.63, 3.8) is 0 Å². The molecule has 2 aromatic carbocycles. The molecule has 0 unspecified atom stereocenters. The van der Waals surface area contributed by atoms with E-state index >= 15 is 0 Å². The lowest BCUT2D eigenvalue weighted by Gasteiger charge is -2.06. The molecule has 0 aromatic heterocycles. The zero-order chi connectivity index (χ0) is 16.1. The molecule has 0 aliphatic rings. The highest BCUT2D eigenvalue weighted by Gasteiger charge is 2.20. The summed E-state index contributed by atoms with van der Waals surface area (Å²) in [5.74, 6) is -0.601. The van der Waals surface area contributed by atoms with Gasteiger partial charge < -0.3 is 5.32 Å². The summed E-state index contributed by atoms with van der Waals surface area (Å²) in [7, 11) is 0. The fourth-order valence-corrected chi connectivity index (χ4v) is 2.01. The smallest absolute Gasteiger partial charge is 0.283 e. The summed E-state index contributed by atoms with van der Waals surface area (Å²) in [5, 5.41) is 22.3. The van der Waals surface area contributed by atoms with Crippen molar-refractivity contribution in [3.05, 3.63) is 68.7 Å². The molecule has 2 rings (SSSR count). The topological polar surface area (TPSA) is 96.0 Å². The van der Waals surface area contributed by atoms with Gasteiger partial charge in [0, 0.05) is 16.8 Å². The van der Waals surface area contributed by atoms with Gasteiger partial charge in [0.25, 0.3) is 11.6 Å². The Morgan fingerprint density at radius 1 is 1.27 bits per heavy atom. The van der Waals surface area contributed by atoms with E-state index in [0.29, 0.717) is 5.69 Å². The first-order valence-corrected chi connectivity index (χ1v) is 6.60. The predicted octanol–water partition coefficient (Wildman–Crippen LogP) is 3.57. The SMILES string of the molecule is N#CCc1ccc(NC(=O)c2ccc(Cl)cc2[N+](=O)[O-])cc1. The molecule has 0 aliphatic heterocycles. The molecule has 0 aliphatic carbocycles. The highest BCUT2D eigenvalue weighted by molar-refractivity contribution is 6.31. The van der Waals surface area contributed by atoms with E-state index in [2.05, 4.69) is 5.32 Å². The molecule has 0 radical (unpaired) electrons. The summed E-state index contributed by atoms with van der Waals surface area (Å²) in [6.45, 7) is 0. The minimum Gasteiger partial charge on any atom is -0.322 e. The first kappa shape index (κ1) is 15.5. The second-order valence-electron chi connectivity index (χ2n) is 4.40. The number of benzene rings is 2. The minimum atomic E-state index is -0.656. The summed E-state index contributed by atoms with van der Waals surface area (Å²) >= 11 is 5.71. The highest BCUT2D eigenvalue weighted by atomic mass is 35.5. The van der Waals surface area contributed by atoms with E-state index in [0.717, 1.165) is 11.6 Å². The molecule has 0 saturated carbocycles. The van der Waals surface area contributed by atoms with Crippen LogP contribution in [0.5, 0.6) is 0 Å². The molecule has 1 amide bonds. The van der Waals surface area contributed by atoms with Crippen LogP contribution in [0, 0.1) is 21.4 Å². The number of nitrogens with one attached hydrogen (secondary N) is 1. The zero-order valence-electron chi connectivity index (χ0n) is 11.2. The van der Waals surface area contributed by atoms with E-state index in [-0.39, 0.29) is 22.7 Å². The number of nitro benzene ring substituents is 1. The van der Waals surface area contributed by atoms with Gasteiger partial charge in [0.05, 0.1) is 17.4 Å². The quantitative estimate of drug-likeness (QED) is 0.689. The third kappa shape index (κ3) is 3.59. The molecule has 2 aromatic rings. The number of nitro groups is 1. The normalized spacial score (nSPS) is 9.82. The van der Waals surface area contributed by atoms with Gasteiger partial charge in [-0.1, -0.05) is 23.7 Å². The van der Waals surface area contributed by atoms with Crippen LogP contribution in [-0.4, -0.2) is 10.8 Å². The number of nitriles is 1. The number of nitrogens with zero attached hydrogens (tertiary/aromatic N) is 2. The average molecular weight is 316 g/mol. The molecule has 6 nitrogen and oxygen atoms in total. The molecule has 110 valence electrons. The maximum Gasteiger partial charge on any atom is 0.283 e. The van der Waals surface area contributed by atoms with E-state index in [4.69, 9.17) is 16.9 Å². The van der Waals surface area contributed by atoms with Gasteiger partial charge >= 0.3 is 0 Å². The molecule has 1 N–H and O–H groups in total. The van der Waals surface area contributed by atoms with Gasteiger partial charge in [0.2, 0.25) is 0 Å². The number of rotatable bonds is 4. The Hall–Kier alpha value is -2.91. The van der Waals surface area contributed by atoms with Crippen LogP contribution < -0.4 is 5.32 Å².